The number of aliphatic hydroxyl groups is 1. The molecule has 1 N–H and O–H groups in total. The van der Waals surface area contributed by atoms with Gasteiger partial charge in [0.25, 0.3) is 5.91 Å². The van der Waals surface area contributed by atoms with E-state index < -0.39 is 6.10 Å². The zero-order valence-corrected chi connectivity index (χ0v) is 11.0. The summed E-state index contributed by atoms with van der Waals surface area (Å²) < 4.78 is 5.15. The van der Waals surface area contributed by atoms with Gasteiger partial charge in [-0.1, -0.05) is 35.5 Å². The Balaban J connectivity index is 1.78. The van der Waals surface area contributed by atoms with Crippen molar-refractivity contribution in [2.24, 2.45) is 0 Å². The van der Waals surface area contributed by atoms with Crippen molar-refractivity contribution in [3.05, 3.63) is 42.2 Å². The summed E-state index contributed by atoms with van der Waals surface area (Å²) in [5.74, 6) is 0.0105. The van der Waals surface area contributed by atoms with Gasteiger partial charge in [-0.2, -0.15) is 0 Å². The van der Waals surface area contributed by atoms with E-state index in [1.807, 2.05) is 30.3 Å². The maximum Gasteiger partial charge on any atom is 0.292 e. The minimum absolute atomic E-state index is 0.210. The highest BCUT2D eigenvalue weighted by Gasteiger charge is 2.25. The second-order valence-corrected chi connectivity index (χ2v) is 4.99. The fourth-order valence-electron chi connectivity index (χ4n) is 2.42. The molecular formula is C15H16N2O3. The zero-order valence-electron chi connectivity index (χ0n) is 11.0. The number of piperidine rings is 1. The van der Waals surface area contributed by atoms with Gasteiger partial charge in [0.2, 0.25) is 5.76 Å². The number of benzene rings is 1. The molecule has 0 bridgehead atoms. The predicted octanol–water partition coefficient (Wildman–Crippen LogP) is 1.94. The molecule has 5 nitrogen and oxygen atoms in total. The average Bonchev–Trinajstić information content (AvgIpc) is 2.97. The average molecular weight is 272 g/mol. The number of nitrogens with zero attached hydrogens (tertiary/aromatic N) is 2. The van der Waals surface area contributed by atoms with Gasteiger partial charge in [-0.15, -0.1) is 0 Å². The summed E-state index contributed by atoms with van der Waals surface area (Å²) in [7, 11) is 0. The Hall–Kier alpha value is -2.14. The van der Waals surface area contributed by atoms with Gasteiger partial charge >= 0.3 is 0 Å². The third-order valence-corrected chi connectivity index (χ3v) is 3.47. The van der Waals surface area contributed by atoms with Gasteiger partial charge in [-0.3, -0.25) is 4.79 Å². The molecule has 20 heavy (non-hydrogen) atoms. The van der Waals surface area contributed by atoms with E-state index in [-0.39, 0.29) is 11.7 Å². The fourth-order valence-corrected chi connectivity index (χ4v) is 2.42. The normalized spacial score (nSPS) is 19.1. The van der Waals surface area contributed by atoms with Crippen LogP contribution in [0.3, 0.4) is 0 Å². The van der Waals surface area contributed by atoms with Crippen molar-refractivity contribution < 1.29 is 14.4 Å². The van der Waals surface area contributed by atoms with Crippen molar-refractivity contribution in [3.8, 4) is 11.3 Å². The molecule has 1 atom stereocenters. The van der Waals surface area contributed by atoms with Crippen LogP contribution >= 0.6 is 0 Å². The molecule has 104 valence electrons. The number of β-amino-alcohol motifs (C(OH)–C–C–N with tert-alkyl or cyclic N) is 1. The van der Waals surface area contributed by atoms with Crippen LogP contribution in [0.25, 0.3) is 11.3 Å². The molecule has 0 spiro atoms. The lowest BCUT2D eigenvalue weighted by molar-refractivity contribution is 0.0441. The molecule has 1 aromatic heterocycles. The van der Waals surface area contributed by atoms with Gasteiger partial charge in [-0.05, 0) is 12.8 Å². The van der Waals surface area contributed by atoms with E-state index in [2.05, 4.69) is 5.16 Å². The highest BCUT2D eigenvalue weighted by atomic mass is 16.5. The molecule has 1 unspecified atom stereocenters. The summed E-state index contributed by atoms with van der Waals surface area (Å²) in [6, 6.07) is 11.2. The van der Waals surface area contributed by atoms with Crippen molar-refractivity contribution in [2.45, 2.75) is 18.9 Å². The molecule has 3 rings (SSSR count). The largest absolute Gasteiger partial charge is 0.391 e. The Morgan fingerprint density at radius 3 is 2.90 bits per heavy atom. The second kappa shape index (κ2) is 5.46. The molecule has 1 aromatic carbocycles. The molecule has 1 saturated heterocycles. The molecule has 1 fully saturated rings. The number of amides is 1. The predicted molar refractivity (Wildman–Crippen MR) is 73.1 cm³/mol. The summed E-state index contributed by atoms with van der Waals surface area (Å²) >= 11 is 0. The Morgan fingerprint density at radius 2 is 2.15 bits per heavy atom. The highest BCUT2D eigenvalue weighted by Crippen LogP contribution is 2.20. The summed E-state index contributed by atoms with van der Waals surface area (Å²) in [6.07, 6.45) is 1.12. The van der Waals surface area contributed by atoms with Gasteiger partial charge in [0.05, 0.1) is 6.10 Å². The number of aliphatic hydroxyl groups excluding tert-OH is 1. The monoisotopic (exact) mass is 272 g/mol. The van der Waals surface area contributed by atoms with Gasteiger partial charge in [0.1, 0.15) is 5.69 Å². The molecule has 1 aliphatic rings. The van der Waals surface area contributed by atoms with Crippen LogP contribution in [0.15, 0.2) is 40.9 Å². The van der Waals surface area contributed by atoms with Crippen LogP contribution in [-0.4, -0.2) is 40.3 Å². The molecule has 1 aliphatic heterocycles. The molecule has 2 heterocycles. The van der Waals surface area contributed by atoms with Crippen molar-refractivity contribution in [1.82, 2.24) is 10.1 Å². The lowest BCUT2D eigenvalue weighted by Gasteiger charge is -2.29. The number of aromatic nitrogens is 1. The lowest BCUT2D eigenvalue weighted by atomic mass is 10.1. The van der Waals surface area contributed by atoms with E-state index in [9.17, 15) is 9.90 Å². The number of rotatable bonds is 2. The second-order valence-electron chi connectivity index (χ2n) is 4.99. The first-order valence-corrected chi connectivity index (χ1v) is 6.73. The Bertz CT molecular complexity index is 594. The smallest absolute Gasteiger partial charge is 0.292 e. The Morgan fingerprint density at radius 1 is 1.35 bits per heavy atom. The number of carbonyl (C=O) groups excluding carboxylic acids is 1. The van der Waals surface area contributed by atoms with E-state index >= 15 is 0 Å². The van der Waals surface area contributed by atoms with Crippen LogP contribution in [0.2, 0.25) is 0 Å². The Labute approximate surface area is 116 Å². The standard InChI is InChI=1S/C15H16N2O3/c18-12-7-4-8-17(10-12)15(19)14-9-13(16-20-14)11-5-2-1-3-6-11/h1-3,5-6,9,12,18H,4,7-8,10H2. The van der Waals surface area contributed by atoms with Gasteiger partial charge < -0.3 is 14.5 Å². The van der Waals surface area contributed by atoms with Crippen LogP contribution in [0, 0.1) is 0 Å². The maximum atomic E-state index is 12.3. The van der Waals surface area contributed by atoms with Crippen LogP contribution in [0.5, 0.6) is 0 Å². The summed E-state index contributed by atoms with van der Waals surface area (Å²) in [6.45, 7) is 1.01. The first-order chi connectivity index (χ1) is 9.74. The van der Waals surface area contributed by atoms with E-state index in [4.69, 9.17) is 4.52 Å². The molecule has 0 radical (unpaired) electrons. The topological polar surface area (TPSA) is 66.6 Å². The number of carbonyl (C=O) groups is 1. The van der Waals surface area contributed by atoms with Crippen molar-refractivity contribution in [3.63, 3.8) is 0 Å². The van der Waals surface area contributed by atoms with E-state index in [1.165, 1.54) is 0 Å². The van der Waals surface area contributed by atoms with E-state index in [1.54, 1.807) is 11.0 Å². The summed E-state index contributed by atoms with van der Waals surface area (Å²) in [4.78, 5) is 13.9. The molecular weight excluding hydrogens is 256 g/mol. The van der Waals surface area contributed by atoms with Crippen LogP contribution in [-0.2, 0) is 0 Å². The van der Waals surface area contributed by atoms with Gasteiger partial charge in [0, 0.05) is 24.7 Å². The zero-order chi connectivity index (χ0) is 13.9. The molecule has 0 saturated carbocycles. The minimum atomic E-state index is -0.441. The number of likely N-dealkylation sites (tertiary alicyclic amines) is 1. The van der Waals surface area contributed by atoms with Crippen molar-refractivity contribution in [2.75, 3.05) is 13.1 Å². The molecule has 5 heteroatoms. The van der Waals surface area contributed by atoms with Gasteiger partial charge in [0.15, 0.2) is 0 Å². The summed E-state index contributed by atoms with van der Waals surface area (Å²) in [5, 5.41) is 13.6. The SMILES string of the molecule is O=C(c1cc(-c2ccccc2)no1)N1CCCC(O)C1. The number of hydrogen-bond donors (Lipinski definition) is 1. The van der Waals surface area contributed by atoms with Crippen LogP contribution in [0.1, 0.15) is 23.4 Å². The molecule has 1 amide bonds. The highest BCUT2D eigenvalue weighted by molar-refractivity contribution is 5.92. The van der Waals surface area contributed by atoms with E-state index in [0.717, 1.165) is 18.4 Å². The first kappa shape index (κ1) is 12.9. The minimum Gasteiger partial charge on any atom is -0.391 e. The quantitative estimate of drug-likeness (QED) is 0.907. The van der Waals surface area contributed by atoms with Crippen LogP contribution in [0.4, 0.5) is 0 Å². The third-order valence-electron chi connectivity index (χ3n) is 3.47. The molecule has 2 aromatic rings. The summed E-state index contributed by atoms with van der Waals surface area (Å²) in [5.41, 5.74) is 1.56. The first-order valence-electron chi connectivity index (χ1n) is 6.73. The lowest BCUT2D eigenvalue weighted by Crippen LogP contribution is -2.42. The number of hydrogen-bond acceptors (Lipinski definition) is 4. The maximum absolute atomic E-state index is 12.3. The van der Waals surface area contributed by atoms with Crippen molar-refractivity contribution >= 4 is 5.91 Å². The van der Waals surface area contributed by atoms with Gasteiger partial charge in [-0.25, -0.2) is 0 Å². The van der Waals surface area contributed by atoms with Crippen molar-refractivity contribution in [1.29, 1.82) is 0 Å². The van der Waals surface area contributed by atoms with Crippen LogP contribution < -0.4 is 0 Å². The third kappa shape index (κ3) is 2.58. The molecule has 0 aliphatic carbocycles. The Kier molecular flexibility index (Phi) is 3.52. The fraction of sp³-hybridized carbons (Fsp3) is 0.333. The van der Waals surface area contributed by atoms with E-state index in [0.29, 0.717) is 18.8 Å².